The molecule has 3 aromatic carbocycles. The van der Waals surface area contributed by atoms with Crippen molar-refractivity contribution in [3.63, 3.8) is 0 Å². The fourth-order valence-corrected chi connectivity index (χ4v) is 2.82. The van der Waals surface area contributed by atoms with E-state index in [9.17, 15) is 3.55 Å². The zero-order chi connectivity index (χ0) is 11.0. The second-order valence-corrected chi connectivity index (χ2v) is 5.00. The first-order valence-electron chi connectivity index (χ1n) is 5.08. The number of rotatable bonds is 1. The fraction of sp³-hybridized carbons (Fsp3) is 0. The molecule has 0 aliphatic heterocycles. The van der Waals surface area contributed by atoms with Crippen LogP contribution in [0.15, 0.2) is 54.6 Å². The van der Waals surface area contributed by atoms with Crippen LogP contribution in [0.5, 0.6) is 0 Å². The Morgan fingerprint density at radius 3 is 2.19 bits per heavy atom. The van der Waals surface area contributed by atoms with Crippen molar-refractivity contribution in [2.75, 3.05) is 0 Å². The van der Waals surface area contributed by atoms with Crippen molar-refractivity contribution in [1.29, 1.82) is 0 Å². The van der Waals surface area contributed by atoms with E-state index < -0.39 is 15.4 Å². The van der Waals surface area contributed by atoms with E-state index in [1.807, 2.05) is 30.3 Å². The first-order chi connectivity index (χ1) is 7.88. The van der Waals surface area contributed by atoms with Crippen molar-refractivity contribution in [2.24, 2.45) is 0 Å². The van der Waals surface area contributed by atoms with Gasteiger partial charge in [0.1, 0.15) is 0 Å². The number of fused-ring (bicyclic) bond motifs is 2. The third kappa shape index (κ3) is 1.51. The van der Waals surface area contributed by atoms with Gasteiger partial charge in [0.15, 0.2) is 0 Å². The SMILES string of the molecule is F[Se]c1cccc2cc3ccccc3cc12. The first kappa shape index (κ1) is 9.83. The van der Waals surface area contributed by atoms with Gasteiger partial charge in [-0.25, -0.2) is 0 Å². The van der Waals surface area contributed by atoms with Crippen LogP contribution in [-0.4, -0.2) is 15.4 Å². The molecule has 0 atom stereocenters. The van der Waals surface area contributed by atoms with E-state index in [4.69, 9.17) is 0 Å². The second-order valence-electron chi connectivity index (χ2n) is 3.75. The van der Waals surface area contributed by atoms with Gasteiger partial charge in [-0.05, 0) is 0 Å². The fourth-order valence-electron chi connectivity index (χ4n) is 2.01. The maximum atomic E-state index is 12.9. The molecule has 0 radical (unpaired) electrons. The van der Waals surface area contributed by atoms with Crippen LogP contribution >= 0.6 is 0 Å². The van der Waals surface area contributed by atoms with Crippen molar-refractivity contribution < 1.29 is 3.55 Å². The summed E-state index contributed by atoms with van der Waals surface area (Å²) in [7, 11) is 0. The average molecular weight is 275 g/mol. The summed E-state index contributed by atoms with van der Waals surface area (Å²) in [5.41, 5.74) is 0. The van der Waals surface area contributed by atoms with Crippen LogP contribution in [0.1, 0.15) is 0 Å². The average Bonchev–Trinajstić information content (AvgIpc) is 2.35. The molecule has 2 heteroatoms. The molecule has 0 N–H and O–H groups in total. The summed E-state index contributed by atoms with van der Waals surface area (Å²) < 4.78 is 13.7. The van der Waals surface area contributed by atoms with Crippen molar-refractivity contribution in [3.8, 4) is 0 Å². The zero-order valence-electron chi connectivity index (χ0n) is 8.48. The van der Waals surface area contributed by atoms with E-state index >= 15 is 0 Å². The molecule has 0 aromatic heterocycles. The number of halogens is 1. The Morgan fingerprint density at radius 1 is 0.750 bits per heavy atom. The predicted octanol–water partition coefficient (Wildman–Crippen LogP) is 3.21. The van der Waals surface area contributed by atoms with E-state index in [2.05, 4.69) is 24.3 Å². The molecule has 0 saturated carbocycles. The molecule has 0 fully saturated rings. The van der Waals surface area contributed by atoms with Crippen LogP contribution in [0.2, 0.25) is 0 Å². The van der Waals surface area contributed by atoms with E-state index in [-0.39, 0.29) is 0 Å². The van der Waals surface area contributed by atoms with Gasteiger partial charge in [0.25, 0.3) is 0 Å². The quantitative estimate of drug-likeness (QED) is 0.472. The molecule has 0 aliphatic rings. The minimum atomic E-state index is -0.942. The summed E-state index contributed by atoms with van der Waals surface area (Å²) in [4.78, 5) is 0. The Bertz CT molecular complexity index is 661. The van der Waals surface area contributed by atoms with E-state index in [0.29, 0.717) is 0 Å². The molecule has 0 amide bonds. The monoisotopic (exact) mass is 276 g/mol. The molecule has 78 valence electrons. The molecule has 0 aliphatic carbocycles. The summed E-state index contributed by atoms with van der Waals surface area (Å²) in [6.07, 6.45) is 0. The standard InChI is InChI=1S/C14H9FSe/c15-16-14-7-3-6-12-8-10-4-1-2-5-11(10)9-13(12)14/h1-9H. The Kier molecular flexibility index (Phi) is 2.39. The summed E-state index contributed by atoms with van der Waals surface area (Å²) >= 11 is -0.942. The van der Waals surface area contributed by atoms with E-state index in [0.717, 1.165) is 15.2 Å². The van der Waals surface area contributed by atoms with Crippen molar-refractivity contribution in [3.05, 3.63) is 54.6 Å². The van der Waals surface area contributed by atoms with Crippen LogP contribution in [0, 0.1) is 0 Å². The van der Waals surface area contributed by atoms with Crippen LogP contribution in [0.3, 0.4) is 0 Å². The van der Waals surface area contributed by atoms with Gasteiger partial charge in [-0.1, -0.05) is 0 Å². The molecule has 0 heterocycles. The van der Waals surface area contributed by atoms with E-state index in [1.165, 1.54) is 10.8 Å². The van der Waals surface area contributed by atoms with E-state index in [1.54, 1.807) is 0 Å². The predicted molar refractivity (Wildman–Crippen MR) is 68.0 cm³/mol. The van der Waals surface area contributed by atoms with Crippen LogP contribution in [0.4, 0.5) is 3.55 Å². The molecular weight excluding hydrogens is 266 g/mol. The van der Waals surface area contributed by atoms with Crippen LogP contribution in [0.25, 0.3) is 21.5 Å². The molecule has 16 heavy (non-hydrogen) atoms. The summed E-state index contributed by atoms with van der Waals surface area (Å²) in [6, 6.07) is 18.2. The Labute approximate surface area is 99.7 Å². The number of benzene rings is 3. The van der Waals surface area contributed by atoms with Gasteiger partial charge in [0.05, 0.1) is 0 Å². The maximum absolute atomic E-state index is 12.9. The number of hydrogen-bond acceptors (Lipinski definition) is 0. The molecule has 0 saturated heterocycles. The summed E-state index contributed by atoms with van der Waals surface area (Å²) in [5, 5.41) is 4.55. The summed E-state index contributed by atoms with van der Waals surface area (Å²) in [6.45, 7) is 0. The van der Waals surface area contributed by atoms with Gasteiger partial charge in [-0.2, -0.15) is 0 Å². The minimum absolute atomic E-state index is 0.829. The van der Waals surface area contributed by atoms with Gasteiger partial charge in [-0.15, -0.1) is 0 Å². The Balaban J connectivity index is 2.46. The first-order valence-corrected chi connectivity index (χ1v) is 6.59. The van der Waals surface area contributed by atoms with Crippen LogP contribution < -0.4 is 4.46 Å². The Morgan fingerprint density at radius 2 is 1.44 bits per heavy atom. The molecule has 3 rings (SSSR count). The molecule has 0 spiro atoms. The summed E-state index contributed by atoms with van der Waals surface area (Å²) in [5.74, 6) is 0. The second kappa shape index (κ2) is 3.89. The third-order valence-corrected chi connectivity index (χ3v) is 3.89. The third-order valence-electron chi connectivity index (χ3n) is 2.79. The molecule has 3 aromatic rings. The molecular formula is C14H9FSe. The van der Waals surface area contributed by atoms with Gasteiger partial charge in [0.2, 0.25) is 0 Å². The zero-order valence-corrected chi connectivity index (χ0v) is 10.2. The van der Waals surface area contributed by atoms with Crippen molar-refractivity contribution in [2.45, 2.75) is 0 Å². The van der Waals surface area contributed by atoms with Gasteiger partial charge < -0.3 is 0 Å². The number of hydrogen-bond donors (Lipinski definition) is 0. The topological polar surface area (TPSA) is 0 Å². The van der Waals surface area contributed by atoms with Crippen molar-refractivity contribution in [1.82, 2.24) is 0 Å². The Hall–Kier alpha value is -1.37. The molecule has 0 bridgehead atoms. The van der Waals surface area contributed by atoms with Gasteiger partial charge in [0, 0.05) is 0 Å². The van der Waals surface area contributed by atoms with Gasteiger partial charge in [-0.3, -0.25) is 0 Å². The molecule has 0 unspecified atom stereocenters. The van der Waals surface area contributed by atoms with Crippen LogP contribution in [-0.2, 0) is 0 Å². The van der Waals surface area contributed by atoms with Crippen molar-refractivity contribution >= 4 is 41.4 Å². The van der Waals surface area contributed by atoms with Gasteiger partial charge >= 0.3 is 99.6 Å². The normalized spacial score (nSPS) is 11.1. The molecule has 0 nitrogen and oxygen atoms in total.